The van der Waals surface area contributed by atoms with Crippen molar-refractivity contribution in [3.8, 4) is 0 Å². The van der Waals surface area contributed by atoms with Crippen molar-refractivity contribution in [3.63, 3.8) is 0 Å². The zero-order chi connectivity index (χ0) is 22.8. The highest BCUT2D eigenvalue weighted by molar-refractivity contribution is 7.99. The molecule has 1 heterocycles. The minimum Gasteiger partial charge on any atom is -0.379 e. The summed E-state index contributed by atoms with van der Waals surface area (Å²) in [5.74, 6) is -0.121. The van der Waals surface area contributed by atoms with Gasteiger partial charge in [-0.1, -0.05) is 36.8 Å². The van der Waals surface area contributed by atoms with Crippen molar-refractivity contribution < 1.29 is 27.5 Å². The lowest BCUT2D eigenvalue weighted by Crippen LogP contribution is -2.46. The van der Waals surface area contributed by atoms with Gasteiger partial charge in [0, 0.05) is 22.4 Å². The van der Waals surface area contributed by atoms with E-state index in [2.05, 4.69) is 34.1 Å². The predicted octanol–water partition coefficient (Wildman–Crippen LogP) is 5.07. The van der Waals surface area contributed by atoms with Gasteiger partial charge in [0.05, 0.1) is 19.8 Å². The number of hydrogen-bond donors (Lipinski definition) is 2. The van der Waals surface area contributed by atoms with E-state index >= 15 is 0 Å². The topological polar surface area (TPSA) is 67.8 Å². The molecule has 2 aromatic carbocycles. The summed E-state index contributed by atoms with van der Waals surface area (Å²) in [4.78, 5) is 8.90. The predicted molar refractivity (Wildman–Crippen MR) is 123 cm³/mol. The first-order valence-electron chi connectivity index (χ1n) is 10.8. The van der Waals surface area contributed by atoms with Gasteiger partial charge in [0.2, 0.25) is 0 Å². The molecule has 1 unspecified atom stereocenters. The Morgan fingerprint density at radius 1 is 1.12 bits per heavy atom. The van der Waals surface area contributed by atoms with Gasteiger partial charge >= 0.3 is 8.25 Å². The third-order valence-electron chi connectivity index (χ3n) is 5.59. The monoisotopic (exact) mass is 485 g/mol. The van der Waals surface area contributed by atoms with Crippen LogP contribution in [0.1, 0.15) is 36.8 Å². The number of benzene rings is 2. The van der Waals surface area contributed by atoms with Gasteiger partial charge in [-0.25, -0.2) is 8.78 Å². The van der Waals surface area contributed by atoms with E-state index in [-0.39, 0.29) is 24.1 Å². The SMILES string of the molecule is O=[PH](O)OCCCNCc1cc(F)c(SCCCCC2(c3ccccc3)COC2)cc1F. The normalized spacial score (nSPS) is 16.0. The Labute approximate surface area is 192 Å². The van der Waals surface area contributed by atoms with Crippen LogP contribution in [0.2, 0.25) is 0 Å². The maximum Gasteiger partial charge on any atom is 0.316 e. The fraction of sp³-hybridized carbons (Fsp3) is 0.478. The molecule has 0 aromatic heterocycles. The van der Waals surface area contributed by atoms with E-state index in [0.29, 0.717) is 17.9 Å². The molecule has 2 aromatic rings. The Bertz CT molecular complexity index is 884. The van der Waals surface area contributed by atoms with Crippen molar-refractivity contribution in [2.45, 2.75) is 42.5 Å². The fourth-order valence-electron chi connectivity index (χ4n) is 3.74. The van der Waals surface area contributed by atoms with Crippen molar-refractivity contribution >= 4 is 20.0 Å². The minimum atomic E-state index is -2.92. The molecule has 0 saturated carbocycles. The first kappa shape index (κ1) is 25.3. The van der Waals surface area contributed by atoms with Crippen LogP contribution in [0, 0.1) is 11.6 Å². The van der Waals surface area contributed by atoms with E-state index in [9.17, 15) is 13.3 Å². The van der Waals surface area contributed by atoms with Crippen LogP contribution in [0.15, 0.2) is 47.4 Å². The van der Waals surface area contributed by atoms with Crippen molar-refractivity contribution in [2.75, 3.05) is 32.1 Å². The third kappa shape index (κ3) is 7.37. The lowest BCUT2D eigenvalue weighted by Gasteiger charge is -2.42. The highest BCUT2D eigenvalue weighted by atomic mass is 32.2. The van der Waals surface area contributed by atoms with Gasteiger partial charge in [0.15, 0.2) is 0 Å². The molecule has 3 rings (SSSR count). The number of halogens is 2. The minimum absolute atomic E-state index is 0.0975. The smallest absolute Gasteiger partial charge is 0.316 e. The first-order valence-corrected chi connectivity index (χ1v) is 13.1. The Hall–Kier alpha value is -1.28. The summed E-state index contributed by atoms with van der Waals surface area (Å²) >= 11 is 1.35. The zero-order valence-corrected chi connectivity index (χ0v) is 19.8. The lowest BCUT2D eigenvalue weighted by atomic mass is 9.75. The molecule has 0 aliphatic carbocycles. The Morgan fingerprint density at radius 2 is 1.91 bits per heavy atom. The number of thioether (sulfide) groups is 1. The van der Waals surface area contributed by atoms with Crippen LogP contribution in [-0.4, -0.2) is 37.0 Å². The molecule has 1 aliphatic heterocycles. The molecule has 1 atom stereocenters. The van der Waals surface area contributed by atoms with E-state index in [0.717, 1.165) is 38.2 Å². The van der Waals surface area contributed by atoms with E-state index in [1.165, 1.54) is 29.5 Å². The molecular formula is C23H30F2NO4PS. The molecular weight excluding hydrogens is 455 g/mol. The van der Waals surface area contributed by atoms with E-state index in [1.807, 2.05) is 6.07 Å². The highest BCUT2D eigenvalue weighted by Gasteiger charge is 2.39. The summed E-state index contributed by atoms with van der Waals surface area (Å²) in [6, 6.07) is 12.9. The molecule has 1 aliphatic rings. The van der Waals surface area contributed by atoms with Crippen LogP contribution in [-0.2, 0) is 25.8 Å². The number of nitrogens with one attached hydrogen (secondary N) is 1. The molecule has 9 heteroatoms. The summed E-state index contributed by atoms with van der Waals surface area (Å²) in [6.07, 6.45) is 3.46. The molecule has 0 spiro atoms. The van der Waals surface area contributed by atoms with Gasteiger partial charge in [-0.15, -0.1) is 11.8 Å². The van der Waals surface area contributed by atoms with Gasteiger partial charge in [0.25, 0.3) is 0 Å². The molecule has 0 radical (unpaired) electrons. The average molecular weight is 486 g/mol. The van der Waals surface area contributed by atoms with Crippen LogP contribution in [0.25, 0.3) is 0 Å². The van der Waals surface area contributed by atoms with Gasteiger partial charge in [0.1, 0.15) is 11.6 Å². The molecule has 32 heavy (non-hydrogen) atoms. The first-order chi connectivity index (χ1) is 15.5. The summed E-state index contributed by atoms with van der Waals surface area (Å²) in [5.41, 5.74) is 1.67. The number of ether oxygens (including phenoxy) is 1. The van der Waals surface area contributed by atoms with Crippen molar-refractivity contribution in [2.24, 2.45) is 0 Å². The number of hydrogen-bond acceptors (Lipinski definition) is 5. The Kier molecular flexibility index (Phi) is 10.2. The second-order valence-corrected chi connectivity index (χ2v) is 9.92. The van der Waals surface area contributed by atoms with Crippen LogP contribution in [0.3, 0.4) is 0 Å². The summed E-state index contributed by atoms with van der Waals surface area (Å²) in [7, 11) is -2.92. The van der Waals surface area contributed by atoms with Crippen LogP contribution in [0.4, 0.5) is 8.78 Å². The summed E-state index contributed by atoms with van der Waals surface area (Å²) < 4.78 is 49.3. The van der Waals surface area contributed by atoms with Crippen LogP contribution < -0.4 is 5.32 Å². The standard InChI is InChI=1S/C23H30F2NO4PS/c24-20-14-22(21(25)13-18(20)15-26-10-6-11-30-31(27)28)32-12-5-4-9-23(16-29-17-23)19-7-2-1-3-8-19/h1-3,7-8,13-14,26,31H,4-6,9-12,15-17H2,(H,27,28). The largest absolute Gasteiger partial charge is 0.379 e. The molecule has 176 valence electrons. The van der Waals surface area contributed by atoms with Gasteiger partial charge in [-0.2, -0.15) is 0 Å². The Balaban J connectivity index is 1.39. The number of rotatable bonds is 14. The van der Waals surface area contributed by atoms with Crippen LogP contribution >= 0.6 is 20.0 Å². The summed E-state index contributed by atoms with van der Waals surface area (Å²) in [6.45, 7) is 2.30. The third-order valence-corrected chi connectivity index (χ3v) is 7.16. The fourth-order valence-corrected chi connectivity index (χ4v) is 5.01. The average Bonchev–Trinajstić information content (AvgIpc) is 2.75. The van der Waals surface area contributed by atoms with Gasteiger partial charge < -0.3 is 19.5 Å². The van der Waals surface area contributed by atoms with Crippen molar-refractivity contribution in [1.82, 2.24) is 5.32 Å². The Morgan fingerprint density at radius 3 is 2.59 bits per heavy atom. The maximum absolute atomic E-state index is 14.4. The van der Waals surface area contributed by atoms with Crippen LogP contribution in [0.5, 0.6) is 0 Å². The van der Waals surface area contributed by atoms with Gasteiger partial charge in [-0.05, 0) is 49.3 Å². The summed E-state index contributed by atoms with van der Waals surface area (Å²) in [5, 5.41) is 2.99. The molecule has 0 bridgehead atoms. The van der Waals surface area contributed by atoms with Crippen molar-refractivity contribution in [3.05, 3.63) is 65.2 Å². The molecule has 1 saturated heterocycles. The molecule has 5 nitrogen and oxygen atoms in total. The second-order valence-electron chi connectivity index (χ2n) is 7.96. The highest BCUT2D eigenvalue weighted by Crippen LogP contribution is 2.37. The van der Waals surface area contributed by atoms with Gasteiger partial charge in [-0.3, -0.25) is 4.57 Å². The lowest BCUT2D eigenvalue weighted by molar-refractivity contribution is -0.0652. The molecule has 1 fully saturated rings. The second kappa shape index (κ2) is 12.8. The molecule has 2 N–H and O–H groups in total. The quantitative estimate of drug-likeness (QED) is 0.221. The zero-order valence-electron chi connectivity index (χ0n) is 17.9. The number of unbranched alkanes of at least 4 members (excludes halogenated alkanes) is 1. The van der Waals surface area contributed by atoms with E-state index in [1.54, 1.807) is 0 Å². The van der Waals surface area contributed by atoms with E-state index in [4.69, 9.17) is 9.63 Å². The van der Waals surface area contributed by atoms with Crippen molar-refractivity contribution in [1.29, 1.82) is 0 Å². The van der Waals surface area contributed by atoms with E-state index < -0.39 is 19.9 Å². The maximum atomic E-state index is 14.4. The molecule has 0 amide bonds.